The highest BCUT2D eigenvalue weighted by Crippen LogP contribution is 2.31. The van der Waals surface area contributed by atoms with E-state index in [-0.39, 0.29) is 12.4 Å². The maximum absolute atomic E-state index is 11.6. The van der Waals surface area contributed by atoms with Gasteiger partial charge in [0.05, 0.1) is 39.2 Å². The monoisotopic (exact) mass is 455 g/mol. The van der Waals surface area contributed by atoms with Gasteiger partial charge in [0.2, 0.25) is 5.13 Å². The molecule has 0 radical (unpaired) electrons. The molecule has 0 spiro atoms. The van der Waals surface area contributed by atoms with Crippen LogP contribution in [0.15, 0.2) is 52.9 Å². The number of benzene rings is 2. The molecule has 3 rings (SSSR count). The van der Waals surface area contributed by atoms with Crippen molar-refractivity contribution in [2.24, 2.45) is 5.10 Å². The van der Waals surface area contributed by atoms with Gasteiger partial charge in [-0.3, -0.25) is 10.2 Å². The van der Waals surface area contributed by atoms with Crippen molar-refractivity contribution in [3.05, 3.63) is 64.7 Å². The molecule has 32 heavy (non-hydrogen) atoms. The van der Waals surface area contributed by atoms with E-state index in [1.807, 2.05) is 42.5 Å². The van der Waals surface area contributed by atoms with Gasteiger partial charge in [-0.2, -0.15) is 5.10 Å². The second-order valence-corrected chi connectivity index (χ2v) is 7.37. The molecule has 3 aromatic rings. The summed E-state index contributed by atoms with van der Waals surface area (Å²) in [5.74, 6) is 1.64. The molecule has 168 valence electrons. The molecule has 0 atom stereocenters. The van der Waals surface area contributed by atoms with Gasteiger partial charge in [-0.1, -0.05) is 18.2 Å². The molecular weight excluding hydrogens is 430 g/mol. The summed E-state index contributed by atoms with van der Waals surface area (Å²) in [6.45, 7) is 2.46. The lowest BCUT2D eigenvalue weighted by atomic mass is 10.2. The van der Waals surface area contributed by atoms with E-state index in [9.17, 15) is 4.79 Å². The van der Waals surface area contributed by atoms with Crippen LogP contribution in [0.5, 0.6) is 17.2 Å². The van der Waals surface area contributed by atoms with E-state index in [2.05, 4.69) is 15.5 Å². The van der Waals surface area contributed by atoms with E-state index in [1.165, 1.54) is 11.3 Å². The summed E-state index contributed by atoms with van der Waals surface area (Å²) in [6.07, 6.45) is 1.77. The SMILES string of the molecule is CCOC(=O)Cc1csc(NN=Cc2cccc(OC)c2OCc2cccc(OC)c2)n1. The first kappa shape index (κ1) is 23.1. The van der Waals surface area contributed by atoms with E-state index in [0.717, 1.165) is 16.9 Å². The largest absolute Gasteiger partial charge is 0.497 e. The molecule has 0 unspecified atom stereocenters. The fraction of sp³-hybridized carbons (Fsp3) is 0.261. The minimum Gasteiger partial charge on any atom is -0.497 e. The van der Waals surface area contributed by atoms with Gasteiger partial charge in [0.25, 0.3) is 0 Å². The Morgan fingerprint density at radius 2 is 2.03 bits per heavy atom. The predicted octanol–water partition coefficient (Wildman–Crippen LogP) is 4.29. The second kappa shape index (κ2) is 11.7. The first-order valence-corrected chi connectivity index (χ1v) is 10.8. The van der Waals surface area contributed by atoms with Crippen molar-refractivity contribution in [1.29, 1.82) is 0 Å². The lowest BCUT2D eigenvalue weighted by molar-refractivity contribution is -0.142. The van der Waals surface area contributed by atoms with E-state index < -0.39 is 0 Å². The second-order valence-electron chi connectivity index (χ2n) is 6.51. The number of para-hydroxylation sites is 1. The van der Waals surface area contributed by atoms with Gasteiger partial charge < -0.3 is 18.9 Å². The highest BCUT2D eigenvalue weighted by Gasteiger charge is 2.11. The Hall–Kier alpha value is -3.59. The number of anilines is 1. The van der Waals surface area contributed by atoms with Crippen LogP contribution in [-0.2, 0) is 22.6 Å². The van der Waals surface area contributed by atoms with Gasteiger partial charge >= 0.3 is 5.97 Å². The van der Waals surface area contributed by atoms with Crippen LogP contribution >= 0.6 is 11.3 Å². The van der Waals surface area contributed by atoms with Crippen LogP contribution in [0.3, 0.4) is 0 Å². The molecule has 1 heterocycles. The molecule has 0 amide bonds. The number of esters is 1. The summed E-state index contributed by atoms with van der Waals surface area (Å²) >= 11 is 1.36. The van der Waals surface area contributed by atoms with Crippen molar-refractivity contribution in [3.63, 3.8) is 0 Å². The Kier molecular flexibility index (Phi) is 8.44. The molecule has 0 fully saturated rings. The molecule has 1 aromatic heterocycles. The highest BCUT2D eigenvalue weighted by atomic mass is 32.1. The van der Waals surface area contributed by atoms with E-state index in [4.69, 9.17) is 18.9 Å². The molecule has 9 heteroatoms. The van der Waals surface area contributed by atoms with Crippen LogP contribution in [0.2, 0.25) is 0 Å². The predicted molar refractivity (Wildman–Crippen MR) is 124 cm³/mol. The van der Waals surface area contributed by atoms with Crippen molar-refractivity contribution in [3.8, 4) is 17.2 Å². The average molecular weight is 456 g/mol. The van der Waals surface area contributed by atoms with Gasteiger partial charge in [-0.15, -0.1) is 11.3 Å². The molecule has 0 saturated carbocycles. The number of carbonyl (C=O) groups is 1. The standard InChI is InChI=1S/C23H25N3O5S/c1-4-30-21(27)12-18-15-32-23(25-18)26-24-13-17-8-6-10-20(29-3)22(17)31-14-16-7-5-9-19(11-16)28-2/h5-11,13,15H,4,12,14H2,1-3H3,(H,25,26). The Bertz CT molecular complexity index is 1070. The van der Waals surface area contributed by atoms with Crippen molar-refractivity contribution in [1.82, 2.24) is 4.98 Å². The molecule has 0 aliphatic carbocycles. The number of hydrazone groups is 1. The van der Waals surface area contributed by atoms with Crippen molar-refractivity contribution < 1.29 is 23.7 Å². The van der Waals surface area contributed by atoms with Gasteiger partial charge in [-0.05, 0) is 36.8 Å². The molecule has 0 aliphatic rings. The zero-order valence-corrected chi connectivity index (χ0v) is 19.0. The Labute approximate surface area is 190 Å². The van der Waals surface area contributed by atoms with Gasteiger partial charge in [0, 0.05) is 10.9 Å². The normalized spacial score (nSPS) is 10.7. The third-order valence-electron chi connectivity index (χ3n) is 4.29. The number of rotatable bonds is 11. The smallest absolute Gasteiger partial charge is 0.311 e. The Morgan fingerprint density at radius 3 is 2.81 bits per heavy atom. The maximum Gasteiger partial charge on any atom is 0.311 e. The number of hydrogen-bond acceptors (Lipinski definition) is 9. The average Bonchev–Trinajstić information content (AvgIpc) is 3.25. The first-order valence-electron chi connectivity index (χ1n) is 9.94. The molecule has 0 aliphatic heterocycles. The van der Waals surface area contributed by atoms with E-state index >= 15 is 0 Å². The van der Waals surface area contributed by atoms with E-state index in [0.29, 0.717) is 35.5 Å². The van der Waals surface area contributed by atoms with E-state index in [1.54, 1.807) is 32.7 Å². The zero-order valence-electron chi connectivity index (χ0n) is 18.2. The minimum atomic E-state index is -0.304. The number of nitrogens with one attached hydrogen (secondary N) is 1. The lowest BCUT2D eigenvalue weighted by Gasteiger charge is -2.13. The van der Waals surface area contributed by atoms with Gasteiger partial charge in [0.15, 0.2) is 11.5 Å². The number of ether oxygens (including phenoxy) is 4. The summed E-state index contributed by atoms with van der Waals surface area (Å²) in [6, 6.07) is 13.2. The summed E-state index contributed by atoms with van der Waals surface area (Å²) in [5, 5.41) is 6.63. The van der Waals surface area contributed by atoms with Crippen molar-refractivity contribution in [2.45, 2.75) is 20.0 Å². The summed E-state index contributed by atoms with van der Waals surface area (Å²) in [4.78, 5) is 15.9. The summed E-state index contributed by atoms with van der Waals surface area (Å²) < 4.78 is 21.7. The van der Waals surface area contributed by atoms with Crippen LogP contribution in [0.4, 0.5) is 5.13 Å². The highest BCUT2D eigenvalue weighted by molar-refractivity contribution is 7.13. The fourth-order valence-electron chi connectivity index (χ4n) is 2.82. The first-order chi connectivity index (χ1) is 15.6. The summed E-state index contributed by atoms with van der Waals surface area (Å²) in [7, 11) is 3.22. The van der Waals surface area contributed by atoms with Crippen molar-refractivity contribution >= 4 is 28.7 Å². The lowest BCUT2D eigenvalue weighted by Crippen LogP contribution is -2.07. The van der Waals surface area contributed by atoms with Crippen LogP contribution in [0, 0.1) is 0 Å². The van der Waals surface area contributed by atoms with Gasteiger partial charge in [0.1, 0.15) is 12.4 Å². The quantitative estimate of drug-likeness (QED) is 0.262. The molecule has 0 saturated heterocycles. The van der Waals surface area contributed by atoms with Crippen LogP contribution in [0.25, 0.3) is 0 Å². The van der Waals surface area contributed by atoms with Crippen molar-refractivity contribution in [2.75, 3.05) is 26.3 Å². The third kappa shape index (κ3) is 6.45. The summed E-state index contributed by atoms with van der Waals surface area (Å²) in [5.41, 5.74) is 5.22. The van der Waals surface area contributed by atoms with Crippen LogP contribution < -0.4 is 19.6 Å². The minimum absolute atomic E-state index is 0.133. The molecule has 1 N–H and O–H groups in total. The number of aromatic nitrogens is 1. The number of nitrogens with zero attached hydrogens (tertiary/aromatic N) is 2. The number of hydrogen-bond donors (Lipinski definition) is 1. The number of thiazole rings is 1. The fourth-order valence-corrected chi connectivity index (χ4v) is 3.48. The Balaban J connectivity index is 1.68. The Morgan fingerprint density at radius 1 is 1.19 bits per heavy atom. The molecular formula is C23H25N3O5S. The maximum atomic E-state index is 11.6. The third-order valence-corrected chi connectivity index (χ3v) is 5.09. The number of carbonyl (C=O) groups excluding carboxylic acids is 1. The topological polar surface area (TPSA) is 91.3 Å². The van der Waals surface area contributed by atoms with Crippen LogP contribution in [0.1, 0.15) is 23.7 Å². The zero-order chi connectivity index (χ0) is 22.8. The molecule has 2 aromatic carbocycles. The van der Waals surface area contributed by atoms with Gasteiger partial charge in [-0.25, -0.2) is 4.98 Å². The molecule has 8 nitrogen and oxygen atoms in total. The number of methoxy groups -OCH3 is 2. The molecule has 0 bridgehead atoms. The van der Waals surface area contributed by atoms with Crippen LogP contribution in [-0.4, -0.2) is 38.0 Å².